The lowest BCUT2D eigenvalue weighted by molar-refractivity contribution is 0.0695. The second kappa shape index (κ2) is 11.4. The molecule has 1 N–H and O–H groups in total. The molecule has 5 nitrogen and oxygen atoms in total. The standard InChI is InChI=1S/C16H27NO4/c1-4-21-16-12-14(6-7-15(16)19-3)13-17-8-5-9-20-11-10-18-2/h6-7,12,17H,4-5,8-11,13H2,1-3H3. The molecule has 5 heteroatoms. The van der Waals surface area contributed by atoms with Crippen LogP contribution in [0.5, 0.6) is 11.5 Å². The van der Waals surface area contributed by atoms with Crippen LogP contribution in [0.25, 0.3) is 0 Å². The van der Waals surface area contributed by atoms with Crippen molar-refractivity contribution >= 4 is 0 Å². The molecule has 0 aliphatic rings. The summed E-state index contributed by atoms with van der Waals surface area (Å²) < 4.78 is 21.2. The third-order valence-electron chi connectivity index (χ3n) is 2.93. The van der Waals surface area contributed by atoms with Crippen molar-refractivity contribution in [1.29, 1.82) is 0 Å². The van der Waals surface area contributed by atoms with Gasteiger partial charge in [-0.3, -0.25) is 0 Å². The largest absolute Gasteiger partial charge is 0.493 e. The smallest absolute Gasteiger partial charge is 0.161 e. The SMILES string of the molecule is CCOc1cc(CNCCCOCCOC)ccc1OC. The Bertz CT molecular complexity index is 385. The van der Waals surface area contributed by atoms with Gasteiger partial charge in [-0.1, -0.05) is 6.07 Å². The van der Waals surface area contributed by atoms with E-state index < -0.39 is 0 Å². The van der Waals surface area contributed by atoms with Crippen LogP contribution in [-0.4, -0.2) is 47.2 Å². The Morgan fingerprint density at radius 1 is 1.05 bits per heavy atom. The highest BCUT2D eigenvalue weighted by molar-refractivity contribution is 5.42. The highest BCUT2D eigenvalue weighted by Gasteiger charge is 2.04. The molecule has 0 atom stereocenters. The van der Waals surface area contributed by atoms with Crippen molar-refractivity contribution in [3.63, 3.8) is 0 Å². The van der Waals surface area contributed by atoms with Crippen molar-refractivity contribution in [2.45, 2.75) is 19.9 Å². The maximum Gasteiger partial charge on any atom is 0.161 e. The number of benzene rings is 1. The van der Waals surface area contributed by atoms with E-state index in [-0.39, 0.29) is 0 Å². The zero-order valence-corrected chi connectivity index (χ0v) is 13.3. The Labute approximate surface area is 127 Å². The molecule has 1 rings (SSSR count). The van der Waals surface area contributed by atoms with Crippen molar-refractivity contribution in [3.05, 3.63) is 23.8 Å². The Kier molecular flexibility index (Phi) is 9.61. The van der Waals surface area contributed by atoms with Gasteiger partial charge < -0.3 is 24.3 Å². The topological polar surface area (TPSA) is 49.0 Å². The van der Waals surface area contributed by atoms with E-state index in [2.05, 4.69) is 5.32 Å². The quantitative estimate of drug-likeness (QED) is 0.600. The first-order valence-corrected chi connectivity index (χ1v) is 7.39. The van der Waals surface area contributed by atoms with Gasteiger partial charge in [-0.15, -0.1) is 0 Å². The first-order valence-electron chi connectivity index (χ1n) is 7.39. The zero-order chi connectivity index (χ0) is 15.3. The van der Waals surface area contributed by atoms with Crippen molar-refractivity contribution in [2.75, 3.05) is 47.2 Å². The normalized spacial score (nSPS) is 10.6. The van der Waals surface area contributed by atoms with Gasteiger partial charge in [0.15, 0.2) is 11.5 Å². The van der Waals surface area contributed by atoms with E-state index in [4.69, 9.17) is 18.9 Å². The van der Waals surface area contributed by atoms with E-state index in [1.165, 1.54) is 5.56 Å². The minimum atomic E-state index is 0.631. The molecule has 0 radical (unpaired) electrons. The average Bonchev–Trinajstić information content (AvgIpc) is 2.50. The maximum atomic E-state index is 5.57. The summed E-state index contributed by atoms with van der Waals surface area (Å²) in [5.74, 6) is 1.56. The fourth-order valence-corrected chi connectivity index (χ4v) is 1.88. The van der Waals surface area contributed by atoms with Gasteiger partial charge in [-0.05, 0) is 37.6 Å². The monoisotopic (exact) mass is 297 g/mol. The molecule has 1 aromatic carbocycles. The molecule has 21 heavy (non-hydrogen) atoms. The molecule has 0 saturated heterocycles. The molecule has 0 bridgehead atoms. The third-order valence-corrected chi connectivity index (χ3v) is 2.93. The van der Waals surface area contributed by atoms with Gasteiger partial charge in [0.05, 0.1) is 26.9 Å². The summed E-state index contributed by atoms with van der Waals surface area (Å²) >= 11 is 0. The molecule has 0 fully saturated rings. The average molecular weight is 297 g/mol. The number of ether oxygens (including phenoxy) is 4. The molecule has 0 unspecified atom stereocenters. The van der Waals surface area contributed by atoms with Crippen LogP contribution < -0.4 is 14.8 Å². The number of hydrogen-bond acceptors (Lipinski definition) is 5. The molecule has 0 aliphatic heterocycles. The first kappa shape index (κ1) is 17.8. The number of rotatable bonds is 12. The summed E-state index contributed by atoms with van der Waals surface area (Å²) in [6.07, 6.45) is 0.984. The van der Waals surface area contributed by atoms with Gasteiger partial charge in [0.25, 0.3) is 0 Å². The van der Waals surface area contributed by atoms with E-state index in [1.807, 2.05) is 25.1 Å². The molecular weight excluding hydrogens is 270 g/mol. The van der Waals surface area contributed by atoms with Gasteiger partial charge >= 0.3 is 0 Å². The summed E-state index contributed by atoms with van der Waals surface area (Å²) in [5.41, 5.74) is 1.18. The van der Waals surface area contributed by atoms with Crippen LogP contribution >= 0.6 is 0 Å². The summed E-state index contributed by atoms with van der Waals surface area (Å²) in [4.78, 5) is 0. The molecular formula is C16H27NO4. The lowest BCUT2D eigenvalue weighted by atomic mass is 10.2. The predicted molar refractivity (Wildman–Crippen MR) is 83.2 cm³/mol. The van der Waals surface area contributed by atoms with Gasteiger partial charge in [0, 0.05) is 20.3 Å². The van der Waals surface area contributed by atoms with Crippen molar-refractivity contribution in [2.24, 2.45) is 0 Å². The third kappa shape index (κ3) is 7.32. The Balaban J connectivity index is 2.24. The van der Waals surface area contributed by atoms with E-state index in [9.17, 15) is 0 Å². The van der Waals surface area contributed by atoms with E-state index in [0.29, 0.717) is 19.8 Å². The zero-order valence-electron chi connectivity index (χ0n) is 13.3. The van der Waals surface area contributed by atoms with Crippen molar-refractivity contribution in [1.82, 2.24) is 5.32 Å². The summed E-state index contributed by atoms with van der Waals surface area (Å²) in [5, 5.41) is 3.39. The number of methoxy groups -OCH3 is 2. The lowest BCUT2D eigenvalue weighted by Gasteiger charge is -2.11. The summed E-state index contributed by atoms with van der Waals surface area (Å²) in [7, 11) is 3.33. The molecule has 1 aromatic rings. The van der Waals surface area contributed by atoms with Gasteiger partial charge in [-0.25, -0.2) is 0 Å². The molecule has 0 heterocycles. The number of hydrogen-bond donors (Lipinski definition) is 1. The molecule has 0 spiro atoms. The molecule has 0 amide bonds. The van der Waals surface area contributed by atoms with Gasteiger partial charge in [0.2, 0.25) is 0 Å². The van der Waals surface area contributed by atoms with Crippen LogP contribution in [0.2, 0.25) is 0 Å². The van der Waals surface area contributed by atoms with E-state index >= 15 is 0 Å². The van der Waals surface area contributed by atoms with Crippen LogP contribution in [0, 0.1) is 0 Å². The van der Waals surface area contributed by atoms with Crippen LogP contribution in [0.15, 0.2) is 18.2 Å². The second-order valence-corrected chi connectivity index (χ2v) is 4.55. The second-order valence-electron chi connectivity index (χ2n) is 4.55. The maximum absolute atomic E-state index is 5.57. The van der Waals surface area contributed by atoms with Crippen molar-refractivity contribution in [3.8, 4) is 11.5 Å². The minimum absolute atomic E-state index is 0.631. The number of nitrogens with one attached hydrogen (secondary N) is 1. The Morgan fingerprint density at radius 2 is 1.90 bits per heavy atom. The summed E-state index contributed by atoms with van der Waals surface area (Å²) in [6.45, 7) is 6.39. The molecule has 0 aliphatic carbocycles. The summed E-state index contributed by atoms with van der Waals surface area (Å²) in [6, 6.07) is 6.00. The predicted octanol–water partition coefficient (Wildman–Crippen LogP) is 2.24. The van der Waals surface area contributed by atoms with Gasteiger partial charge in [-0.2, -0.15) is 0 Å². The van der Waals surface area contributed by atoms with Crippen LogP contribution in [0.1, 0.15) is 18.9 Å². The highest BCUT2D eigenvalue weighted by Crippen LogP contribution is 2.27. The highest BCUT2D eigenvalue weighted by atomic mass is 16.5. The van der Waals surface area contributed by atoms with Gasteiger partial charge in [0.1, 0.15) is 0 Å². The molecule has 0 aromatic heterocycles. The minimum Gasteiger partial charge on any atom is -0.493 e. The van der Waals surface area contributed by atoms with E-state index in [0.717, 1.165) is 37.6 Å². The van der Waals surface area contributed by atoms with Crippen LogP contribution in [0.4, 0.5) is 0 Å². The van der Waals surface area contributed by atoms with Crippen LogP contribution in [0.3, 0.4) is 0 Å². The van der Waals surface area contributed by atoms with Crippen molar-refractivity contribution < 1.29 is 18.9 Å². The fraction of sp³-hybridized carbons (Fsp3) is 0.625. The molecule has 0 saturated carbocycles. The molecule has 120 valence electrons. The Morgan fingerprint density at radius 3 is 2.62 bits per heavy atom. The van der Waals surface area contributed by atoms with Crippen LogP contribution in [-0.2, 0) is 16.0 Å². The lowest BCUT2D eigenvalue weighted by Crippen LogP contribution is -2.17. The Hall–Kier alpha value is -1.30. The van der Waals surface area contributed by atoms with E-state index in [1.54, 1.807) is 14.2 Å². The first-order chi connectivity index (χ1) is 10.3. The fourth-order valence-electron chi connectivity index (χ4n) is 1.88.